The minimum absolute atomic E-state index is 0.0909. The quantitative estimate of drug-likeness (QED) is 0.773. The van der Waals surface area contributed by atoms with Crippen molar-refractivity contribution in [1.29, 1.82) is 0 Å². The summed E-state index contributed by atoms with van der Waals surface area (Å²) in [5.41, 5.74) is -1.81. The van der Waals surface area contributed by atoms with Crippen molar-refractivity contribution >= 4 is 11.7 Å². The first kappa shape index (κ1) is 15.3. The number of carboxylic acid groups (broad SMARTS) is 1. The molecule has 0 saturated carbocycles. The molecule has 4 nitrogen and oxygen atoms in total. The van der Waals surface area contributed by atoms with E-state index in [9.17, 15) is 18.0 Å². The molecule has 1 aromatic carbocycles. The number of hydrogen-bond acceptors (Lipinski definition) is 3. The average Bonchev–Trinajstić information content (AvgIpc) is 2.34. The molecule has 0 aliphatic rings. The normalized spacial score (nSPS) is 13.1. The van der Waals surface area contributed by atoms with Gasteiger partial charge in [0, 0.05) is 18.8 Å². The van der Waals surface area contributed by atoms with Crippen molar-refractivity contribution in [3.05, 3.63) is 29.3 Å². The third-order valence-corrected chi connectivity index (χ3v) is 2.52. The van der Waals surface area contributed by atoms with Crippen LogP contribution >= 0.6 is 0 Å². The molecule has 0 aromatic heterocycles. The summed E-state index contributed by atoms with van der Waals surface area (Å²) in [6.45, 7) is 1.93. The summed E-state index contributed by atoms with van der Waals surface area (Å²) in [6.07, 6.45) is -4.73. The third-order valence-electron chi connectivity index (χ3n) is 2.52. The molecule has 0 aliphatic heterocycles. The smallest absolute Gasteiger partial charge is 0.417 e. The number of benzene rings is 1. The van der Waals surface area contributed by atoms with Crippen LogP contribution in [0.25, 0.3) is 0 Å². The lowest BCUT2D eigenvalue weighted by Gasteiger charge is -2.15. The second-order valence-corrected chi connectivity index (χ2v) is 4.23. The van der Waals surface area contributed by atoms with Crippen molar-refractivity contribution < 1.29 is 28.2 Å². The predicted octanol–water partition coefficient (Wildman–Crippen LogP) is 2.44. The summed E-state index contributed by atoms with van der Waals surface area (Å²) in [4.78, 5) is 10.7. The van der Waals surface area contributed by atoms with Crippen molar-refractivity contribution in [3.8, 4) is 0 Å². The number of carboxylic acids is 1. The second kappa shape index (κ2) is 5.92. The van der Waals surface area contributed by atoms with Gasteiger partial charge in [-0.05, 0) is 24.1 Å². The zero-order chi connectivity index (χ0) is 14.6. The Bertz CT molecular complexity index is 460. The van der Waals surface area contributed by atoms with Crippen LogP contribution < -0.4 is 5.32 Å². The van der Waals surface area contributed by atoms with E-state index in [0.29, 0.717) is 6.54 Å². The molecule has 0 radical (unpaired) electrons. The fourth-order valence-corrected chi connectivity index (χ4v) is 1.43. The Morgan fingerprint density at radius 1 is 1.42 bits per heavy atom. The van der Waals surface area contributed by atoms with Gasteiger partial charge in [0.25, 0.3) is 0 Å². The number of carbonyl (C=O) groups is 1. The van der Waals surface area contributed by atoms with E-state index in [1.54, 1.807) is 6.92 Å². The third kappa shape index (κ3) is 4.13. The van der Waals surface area contributed by atoms with E-state index in [1.165, 1.54) is 6.07 Å². The van der Waals surface area contributed by atoms with Crippen LogP contribution in [0.1, 0.15) is 22.8 Å². The number of nitrogens with one attached hydrogen (secondary N) is 1. The standard InChI is InChI=1S/C12H14F3NO3/c1-7(6-17)5-16-8-2-3-9(11(18)19)10(4-8)12(13,14)15/h2-4,7,16-17H,5-6H2,1H3,(H,18,19). The molecule has 7 heteroatoms. The van der Waals surface area contributed by atoms with Gasteiger partial charge in [-0.15, -0.1) is 0 Å². The molecule has 1 rings (SSSR count). The van der Waals surface area contributed by atoms with Gasteiger partial charge in [-0.3, -0.25) is 0 Å². The highest BCUT2D eigenvalue weighted by molar-refractivity contribution is 5.90. The first-order chi connectivity index (χ1) is 8.75. The SMILES string of the molecule is CC(CO)CNc1ccc(C(=O)O)c(C(F)(F)F)c1. The van der Waals surface area contributed by atoms with Crippen molar-refractivity contribution in [3.63, 3.8) is 0 Å². The van der Waals surface area contributed by atoms with Crippen LogP contribution in [0.15, 0.2) is 18.2 Å². The van der Waals surface area contributed by atoms with Crippen LogP contribution in [0, 0.1) is 5.92 Å². The van der Waals surface area contributed by atoms with Gasteiger partial charge in [-0.25, -0.2) is 4.79 Å². The van der Waals surface area contributed by atoms with Crippen molar-refractivity contribution in [2.45, 2.75) is 13.1 Å². The van der Waals surface area contributed by atoms with Gasteiger partial charge < -0.3 is 15.5 Å². The number of aliphatic hydroxyl groups excluding tert-OH is 1. The maximum Gasteiger partial charge on any atom is 0.417 e. The van der Waals surface area contributed by atoms with E-state index >= 15 is 0 Å². The number of rotatable bonds is 5. The summed E-state index contributed by atoms with van der Waals surface area (Å²) in [5, 5.41) is 20.3. The number of halogens is 3. The lowest BCUT2D eigenvalue weighted by atomic mass is 10.1. The monoisotopic (exact) mass is 277 g/mol. The molecule has 0 spiro atoms. The molecular weight excluding hydrogens is 263 g/mol. The van der Waals surface area contributed by atoms with E-state index in [1.807, 2.05) is 0 Å². The molecule has 106 valence electrons. The van der Waals surface area contributed by atoms with E-state index < -0.39 is 23.3 Å². The molecule has 1 unspecified atom stereocenters. The Hall–Kier alpha value is -1.76. The number of hydrogen-bond donors (Lipinski definition) is 3. The van der Waals surface area contributed by atoms with Gasteiger partial charge in [0.1, 0.15) is 0 Å². The topological polar surface area (TPSA) is 69.6 Å². The minimum Gasteiger partial charge on any atom is -0.478 e. The van der Waals surface area contributed by atoms with Gasteiger partial charge in [0.15, 0.2) is 0 Å². The van der Waals surface area contributed by atoms with E-state index in [-0.39, 0.29) is 18.2 Å². The van der Waals surface area contributed by atoms with Gasteiger partial charge in [-0.1, -0.05) is 6.92 Å². The molecule has 0 aliphatic carbocycles. The lowest BCUT2D eigenvalue weighted by molar-refractivity contribution is -0.138. The molecule has 1 aromatic rings. The van der Waals surface area contributed by atoms with Crippen LogP contribution in [0.4, 0.5) is 18.9 Å². The Labute approximate surface area is 107 Å². The highest BCUT2D eigenvalue weighted by atomic mass is 19.4. The molecule has 0 amide bonds. The largest absolute Gasteiger partial charge is 0.478 e. The summed E-state index contributed by atoms with van der Waals surface area (Å²) < 4.78 is 38.2. The average molecular weight is 277 g/mol. The summed E-state index contributed by atoms with van der Waals surface area (Å²) in [5.74, 6) is -1.74. The predicted molar refractivity (Wildman–Crippen MR) is 63.1 cm³/mol. The van der Waals surface area contributed by atoms with Crippen molar-refractivity contribution in [2.24, 2.45) is 5.92 Å². The van der Waals surface area contributed by atoms with Crippen molar-refractivity contribution in [1.82, 2.24) is 0 Å². The first-order valence-electron chi connectivity index (χ1n) is 5.55. The maximum absolute atomic E-state index is 12.7. The van der Waals surface area contributed by atoms with Gasteiger partial charge in [0.05, 0.1) is 11.1 Å². The molecule has 0 fully saturated rings. The minimum atomic E-state index is -4.73. The highest BCUT2D eigenvalue weighted by Crippen LogP contribution is 2.33. The number of alkyl halides is 3. The van der Waals surface area contributed by atoms with Gasteiger partial charge in [0.2, 0.25) is 0 Å². The summed E-state index contributed by atoms with van der Waals surface area (Å²) >= 11 is 0. The lowest BCUT2D eigenvalue weighted by Crippen LogP contribution is -2.17. The number of aliphatic hydroxyl groups is 1. The Balaban J connectivity index is 3.02. The van der Waals surface area contributed by atoms with E-state index in [4.69, 9.17) is 10.2 Å². The molecule has 0 heterocycles. The van der Waals surface area contributed by atoms with Crippen LogP contribution in [0.3, 0.4) is 0 Å². The number of anilines is 1. The molecule has 0 bridgehead atoms. The van der Waals surface area contributed by atoms with E-state index in [2.05, 4.69) is 5.32 Å². The first-order valence-corrected chi connectivity index (χ1v) is 5.55. The molecular formula is C12H14F3NO3. The molecule has 1 atom stereocenters. The van der Waals surface area contributed by atoms with Gasteiger partial charge >= 0.3 is 12.1 Å². The Kier molecular flexibility index (Phi) is 4.77. The van der Waals surface area contributed by atoms with Crippen LogP contribution in [0.2, 0.25) is 0 Å². The zero-order valence-corrected chi connectivity index (χ0v) is 10.2. The highest BCUT2D eigenvalue weighted by Gasteiger charge is 2.35. The fraction of sp³-hybridized carbons (Fsp3) is 0.417. The van der Waals surface area contributed by atoms with E-state index in [0.717, 1.165) is 12.1 Å². The van der Waals surface area contributed by atoms with Crippen LogP contribution in [-0.4, -0.2) is 29.3 Å². The second-order valence-electron chi connectivity index (χ2n) is 4.23. The van der Waals surface area contributed by atoms with Crippen LogP contribution in [-0.2, 0) is 6.18 Å². The van der Waals surface area contributed by atoms with Crippen molar-refractivity contribution in [2.75, 3.05) is 18.5 Å². The molecule has 3 N–H and O–H groups in total. The van der Waals surface area contributed by atoms with Gasteiger partial charge in [-0.2, -0.15) is 13.2 Å². The molecule has 19 heavy (non-hydrogen) atoms. The zero-order valence-electron chi connectivity index (χ0n) is 10.2. The summed E-state index contributed by atoms with van der Waals surface area (Å²) in [6, 6.07) is 2.94. The summed E-state index contributed by atoms with van der Waals surface area (Å²) in [7, 11) is 0. The number of aromatic carboxylic acids is 1. The molecule has 0 saturated heterocycles. The van der Waals surface area contributed by atoms with Crippen LogP contribution in [0.5, 0.6) is 0 Å². The Morgan fingerprint density at radius 3 is 2.53 bits per heavy atom. The maximum atomic E-state index is 12.7. The fourth-order valence-electron chi connectivity index (χ4n) is 1.43. The Morgan fingerprint density at radius 2 is 2.05 bits per heavy atom.